The molecule has 0 radical (unpaired) electrons. The van der Waals surface area contributed by atoms with Crippen LogP contribution in [0.2, 0.25) is 0 Å². The molecule has 0 aliphatic rings. The molecule has 1 N–H and O–H groups in total. The van der Waals surface area contributed by atoms with Crippen LogP contribution in [0.1, 0.15) is 25.0 Å². The van der Waals surface area contributed by atoms with Crippen molar-refractivity contribution in [3.63, 3.8) is 0 Å². The minimum Gasteiger partial charge on any atom is -0.355 e. The van der Waals surface area contributed by atoms with Gasteiger partial charge in [0, 0.05) is 18.9 Å². The molecule has 0 spiro atoms. The van der Waals surface area contributed by atoms with E-state index < -0.39 is 11.7 Å². The Bertz CT molecular complexity index is 615. The van der Waals surface area contributed by atoms with E-state index in [4.69, 9.17) is 0 Å². The van der Waals surface area contributed by atoms with Crippen molar-refractivity contribution in [1.82, 2.24) is 9.55 Å². The summed E-state index contributed by atoms with van der Waals surface area (Å²) >= 11 is 0. The molecule has 2 aromatic rings. The molecule has 2 rings (SSSR count). The first-order chi connectivity index (χ1) is 9.79. The first-order valence-corrected chi connectivity index (χ1v) is 6.74. The summed E-state index contributed by atoms with van der Waals surface area (Å²) in [6.07, 6.45) is -1.12. The third kappa shape index (κ3) is 3.56. The second-order valence-electron chi connectivity index (χ2n) is 5.39. The van der Waals surface area contributed by atoms with Crippen molar-refractivity contribution in [3.8, 4) is 5.69 Å². The van der Waals surface area contributed by atoms with Gasteiger partial charge in [0.1, 0.15) is 0 Å². The predicted octanol–water partition coefficient (Wildman–Crippen LogP) is 4.27. The molecular weight excluding hydrogens is 279 g/mol. The molecule has 1 heterocycles. The predicted molar refractivity (Wildman–Crippen MR) is 76.6 cm³/mol. The standard InChI is InChI=1S/C15H18F3N3/c1-10(2)9-20-14-19-6-7-21(14)13-8-12(15(16,17)18)5-4-11(13)3/h4-8,10H,9H2,1-3H3,(H,19,20). The first kappa shape index (κ1) is 15.4. The summed E-state index contributed by atoms with van der Waals surface area (Å²) in [6, 6.07) is 3.72. The van der Waals surface area contributed by atoms with Gasteiger partial charge in [-0.3, -0.25) is 4.57 Å². The van der Waals surface area contributed by atoms with Crippen LogP contribution < -0.4 is 5.32 Å². The lowest BCUT2D eigenvalue weighted by atomic mass is 10.1. The molecule has 0 bridgehead atoms. The van der Waals surface area contributed by atoms with Crippen molar-refractivity contribution in [1.29, 1.82) is 0 Å². The summed E-state index contributed by atoms with van der Waals surface area (Å²) in [5.41, 5.74) is 0.578. The molecule has 0 aliphatic heterocycles. The Kier molecular flexibility index (Phi) is 4.25. The van der Waals surface area contributed by atoms with Crippen molar-refractivity contribution in [2.24, 2.45) is 5.92 Å². The Balaban J connectivity index is 2.40. The topological polar surface area (TPSA) is 29.9 Å². The molecule has 1 aromatic heterocycles. The van der Waals surface area contributed by atoms with Gasteiger partial charge in [0.2, 0.25) is 5.95 Å². The highest BCUT2D eigenvalue weighted by atomic mass is 19.4. The third-order valence-electron chi connectivity index (χ3n) is 3.11. The van der Waals surface area contributed by atoms with Crippen molar-refractivity contribution in [3.05, 3.63) is 41.7 Å². The van der Waals surface area contributed by atoms with Crippen LogP contribution in [-0.4, -0.2) is 16.1 Å². The van der Waals surface area contributed by atoms with E-state index >= 15 is 0 Å². The van der Waals surface area contributed by atoms with Gasteiger partial charge in [0.15, 0.2) is 0 Å². The molecular formula is C15H18F3N3. The molecule has 0 unspecified atom stereocenters. The van der Waals surface area contributed by atoms with Gasteiger partial charge in [0.25, 0.3) is 0 Å². The number of alkyl halides is 3. The van der Waals surface area contributed by atoms with Crippen LogP contribution in [0.4, 0.5) is 19.1 Å². The number of imidazole rings is 1. The summed E-state index contributed by atoms with van der Waals surface area (Å²) in [4.78, 5) is 4.17. The van der Waals surface area contributed by atoms with Gasteiger partial charge < -0.3 is 5.32 Å². The first-order valence-electron chi connectivity index (χ1n) is 6.74. The second-order valence-corrected chi connectivity index (χ2v) is 5.39. The molecule has 6 heteroatoms. The Morgan fingerprint density at radius 1 is 1.29 bits per heavy atom. The van der Waals surface area contributed by atoms with Gasteiger partial charge in [-0.25, -0.2) is 4.98 Å². The molecule has 0 saturated carbocycles. The third-order valence-corrected chi connectivity index (χ3v) is 3.11. The van der Waals surface area contributed by atoms with Crippen LogP contribution in [-0.2, 0) is 6.18 Å². The van der Waals surface area contributed by atoms with Crippen molar-refractivity contribution < 1.29 is 13.2 Å². The molecule has 0 amide bonds. The monoisotopic (exact) mass is 297 g/mol. The summed E-state index contributed by atoms with van der Waals surface area (Å²) < 4.78 is 40.2. The normalized spacial score (nSPS) is 12.0. The molecule has 21 heavy (non-hydrogen) atoms. The number of hydrogen-bond acceptors (Lipinski definition) is 2. The Morgan fingerprint density at radius 3 is 2.62 bits per heavy atom. The summed E-state index contributed by atoms with van der Waals surface area (Å²) in [5, 5.41) is 3.15. The van der Waals surface area contributed by atoms with E-state index in [9.17, 15) is 13.2 Å². The second kappa shape index (κ2) is 5.79. The van der Waals surface area contributed by atoms with Gasteiger partial charge in [0.05, 0.1) is 11.3 Å². The maximum absolute atomic E-state index is 12.9. The van der Waals surface area contributed by atoms with E-state index in [0.717, 1.165) is 17.7 Å². The largest absolute Gasteiger partial charge is 0.416 e. The smallest absolute Gasteiger partial charge is 0.355 e. The fourth-order valence-electron chi connectivity index (χ4n) is 1.97. The fourth-order valence-corrected chi connectivity index (χ4v) is 1.97. The number of anilines is 1. The quantitative estimate of drug-likeness (QED) is 0.913. The Labute approximate surface area is 121 Å². The number of nitrogens with one attached hydrogen (secondary N) is 1. The van der Waals surface area contributed by atoms with Crippen LogP contribution in [0.15, 0.2) is 30.6 Å². The fraction of sp³-hybridized carbons (Fsp3) is 0.400. The Hall–Kier alpha value is -1.98. The summed E-state index contributed by atoms with van der Waals surface area (Å²) in [6.45, 7) is 6.59. The van der Waals surface area contributed by atoms with Crippen LogP contribution >= 0.6 is 0 Å². The highest BCUT2D eigenvalue weighted by molar-refractivity contribution is 5.49. The lowest BCUT2D eigenvalue weighted by molar-refractivity contribution is -0.137. The molecule has 0 atom stereocenters. The van der Waals surface area contributed by atoms with Crippen LogP contribution in [0.3, 0.4) is 0 Å². The van der Waals surface area contributed by atoms with E-state index in [1.807, 2.05) is 0 Å². The van der Waals surface area contributed by atoms with Gasteiger partial charge in [-0.05, 0) is 30.5 Å². The molecule has 0 fully saturated rings. The average Bonchev–Trinajstić information content (AvgIpc) is 2.83. The molecule has 0 saturated heterocycles. The number of aryl methyl sites for hydroxylation is 1. The molecule has 3 nitrogen and oxygen atoms in total. The zero-order chi connectivity index (χ0) is 15.6. The minimum absolute atomic E-state index is 0.415. The lowest BCUT2D eigenvalue weighted by Gasteiger charge is -2.15. The number of benzene rings is 1. The van der Waals surface area contributed by atoms with Gasteiger partial charge in [-0.2, -0.15) is 13.2 Å². The number of nitrogens with zero attached hydrogens (tertiary/aromatic N) is 2. The number of hydrogen-bond donors (Lipinski definition) is 1. The minimum atomic E-state index is -4.35. The maximum Gasteiger partial charge on any atom is 0.416 e. The molecule has 114 valence electrons. The van der Waals surface area contributed by atoms with E-state index in [0.29, 0.717) is 24.1 Å². The average molecular weight is 297 g/mol. The van der Waals surface area contributed by atoms with Gasteiger partial charge in [-0.1, -0.05) is 19.9 Å². The number of aromatic nitrogens is 2. The molecule has 1 aromatic carbocycles. The highest BCUT2D eigenvalue weighted by Crippen LogP contribution is 2.32. The Morgan fingerprint density at radius 2 is 2.00 bits per heavy atom. The van der Waals surface area contributed by atoms with E-state index in [2.05, 4.69) is 24.1 Å². The lowest BCUT2D eigenvalue weighted by Crippen LogP contribution is -2.13. The van der Waals surface area contributed by atoms with Gasteiger partial charge >= 0.3 is 6.18 Å². The number of rotatable bonds is 4. The van der Waals surface area contributed by atoms with Gasteiger partial charge in [-0.15, -0.1) is 0 Å². The van der Waals surface area contributed by atoms with Crippen molar-refractivity contribution in [2.75, 3.05) is 11.9 Å². The van der Waals surface area contributed by atoms with Crippen LogP contribution in [0.5, 0.6) is 0 Å². The molecule has 0 aliphatic carbocycles. The highest BCUT2D eigenvalue weighted by Gasteiger charge is 2.31. The summed E-state index contributed by atoms with van der Waals surface area (Å²) in [5.74, 6) is 0.962. The SMILES string of the molecule is Cc1ccc(C(F)(F)F)cc1-n1ccnc1NCC(C)C. The van der Waals surface area contributed by atoms with Crippen LogP contribution in [0.25, 0.3) is 5.69 Å². The van der Waals surface area contributed by atoms with E-state index in [-0.39, 0.29) is 0 Å². The van der Waals surface area contributed by atoms with E-state index in [1.165, 1.54) is 6.07 Å². The maximum atomic E-state index is 12.9. The van der Waals surface area contributed by atoms with Crippen LogP contribution in [0, 0.1) is 12.8 Å². The summed E-state index contributed by atoms with van der Waals surface area (Å²) in [7, 11) is 0. The zero-order valence-corrected chi connectivity index (χ0v) is 12.2. The van der Waals surface area contributed by atoms with Crippen molar-refractivity contribution >= 4 is 5.95 Å². The van der Waals surface area contributed by atoms with E-state index in [1.54, 1.807) is 23.9 Å². The zero-order valence-electron chi connectivity index (χ0n) is 12.2. The van der Waals surface area contributed by atoms with Crippen molar-refractivity contribution in [2.45, 2.75) is 26.9 Å². The number of halogens is 3.